The second kappa shape index (κ2) is 18.5. The molecule has 0 aromatic heterocycles. The van der Waals surface area contributed by atoms with Crippen molar-refractivity contribution in [3.8, 4) is 0 Å². The molecule has 0 aliphatic rings. The van der Waals surface area contributed by atoms with Crippen molar-refractivity contribution in [1.29, 1.82) is 0 Å². The van der Waals surface area contributed by atoms with Gasteiger partial charge in [0.2, 0.25) is 0 Å². The second-order valence-corrected chi connectivity index (χ2v) is 14.5. The number of rotatable bonds is 0. The molecule has 10 aromatic rings. The summed E-state index contributed by atoms with van der Waals surface area (Å²) in [5.74, 6) is 0. The molecule has 0 aliphatic carbocycles. The van der Waals surface area contributed by atoms with Crippen LogP contribution in [0, 0.1) is 146 Å². The lowest BCUT2D eigenvalue weighted by Gasteiger charge is -1.98. The van der Waals surface area contributed by atoms with E-state index >= 15 is 0 Å². The van der Waals surface area contributed by atoms with Crippen molar-refractivity contribution in [1.82, 2.24) is 0 Å². The first kappa shape index (κ1) is 39.4. The van der Waals surface area contributed by atoms with Gasteiger partial charge in [-0.15, -0.1) is 0 Å². The van der Waals surface area contributed by atoms with E-state index in [1.165, 1.54) is 0 Å². The fourth-order valence-corrected chi connectivity index (χ4v) is 7.08. The predicted octanol–water partition coefficient (Wildman–Crippen LogP) is 14.0. The minimum Gasteiger partial charge on any atom is -0.0609 e. The molecular formula is C66H24. The van der Waals surface area contributed by atoms with Crippen molar-refractivity contribution in [2.75, 3.05) is 0 Å². The number of benzene rings is 7. The molecule has 0 heteroatoms. The predicted molar refractivity (Wildman–Crippen MR) is 262 cm³/mol. The maximum Gasteiger partial charge on any atom is 0.0588 e. The molecule has 0 aliphatic heterocycles. The molecule has 0 bridgehead atoms. The first-order chi connectivity index (χ1) is 32.7. The third-order valence-electron chi connectivity index (χ3n) is 10.4. The molecular weight excluding hydrogens is 793 g/mol. The summed E-state index contributed by atoms with van der Waals surface area (Å²) in [5.41, 5.74) is 0. The van der Waals surface area contributed by atoms with E-state index in [4.69, 9.17) is 0 Å². The van der Waals surface area contributed by atoms with Gasteiger partial charge in [-0.3, -0.25) is 0 Å². The molecule has 288 valence electrons. The molecule has 0 N–H and O–H groups in total. The second-order valence-electron chi connectivity index (χ2n) is 14.5. The third kappa shape index (κ3) is 8.57. The Labute approximate surface area is 386 Å². The average molecular weight is 817 g/mol. The van der Waals surface area contributed by atoms with Gasteiger partial charge in [0.25, 0.3) is 0 Å². The Morgan fingerprint density at radius 2 is 0.258 bits per heavy atom. The smallest absolute Gasteiger partial charge is 0.0588 e. The summed E-state index contributed by atoms with van der Waals surface area (Å²) in [4.78, 5) is 0. The molecule has 66 heavy (non-hydrogen) atoms. The Balaban J connectivity index is 1.57. The van der Waals surface area contributed by atoms with E-state index in [0.717, 1.165) is 32.3 Å². The van der Waals surface area contributed by atoms with E-state index < -0.39 is 0 Å². The maximum absolute atomic E-state index is 3.56. The van der Waals surface area contributed by atoms with Crippen LogP contribution in [-0.2, 0) is 0 Å². The molecule has 0 nitrogen and oxygen atoms in total. The van der Waals surface area contributed by atoms with Gasteiger partial charge in [-0.2, -0.15) is 0 Å². The zero-order chi connectivity index (χ0) is 44.3. The molecule has 0 spiro atoms. The van der Waals surface area contributed by atoms with Crippen molar-refractivity contribution in [2.24, 2.45) is 0 Å². The van der Waals surface area contributed by atoms with Crippen LogP contribution in [0.1, 0.15) is 0 Å². The van der Waals surface area contributed by atoms with Crippen LogP contribution in [0.2, 0.25) is 0 Å². The summed E-state index contributed by atoms with van der Waals surface area (Å²) in [5, 5.41) is 11.8. The molecule has 0 saturated carbocycles. The van der Waals surface area contributed by atoms with E-state index in [9.17, 15) is 0 Å². The highest BCUT2D eigenvalue weighted by Gasteiger charge is 2.07. The summed E-state index contributed by atoms with van der Waals surface area (Å²) >= 11 is 0. The normalized spacial score (nSPS) is 9.27. The van der Waals surface area contributed by atoms with E-state index in [2.05, 4.69) is 146 Å². The van der Waals surface area contributed by atoms with Crippen molar-refractivity contribution < 1.29 is 0 Å². The molecule has 0 amide bonds. The van der Waals surface area contributed by atoms with Crippen LogP contribution in [0.15, 0.2) is 146 Å². The van der Waals surface area contributed by atoms with Crippen molar-refractivity contribution >= 4 is 97.0 Å². The number of fused-ring (bicyclic) bond motifs is 12. The summed E-state index contributed by atoms with van der Waals surface area (Å²) in [6, 6.07) is 126. The SMILES string of the molecule is c1c#cc2ccccc2c#cc2c(c#cc3ccccc3c#1)c1c#cc3ccccc3c#cc#cc3ccccc3c#cc1c1c#cc3ccccc3c#cc#cc3ccccc3c#cc21. The number of hydrogen-bond donors (Lipinski definition) is 0. The Kier molecular flexibility index (Phi) is 11.0. The van der Waals surface area contributed by atoms with E-state index in [1.807, 2.05) is 146 Å². The topological polar surface area (TPSA) is 0 Å². The largest absolute Gasteiger partial charge is 0.0609 e. The van der Waals surface area contributed by atoms with E-state index in [0.29, 0.717) is 64.6 Å². The van der Waals surface area contributed by atoms with Crippen molar-refractivity contribution in [3.05, 3.63) is 291 Å². The molecule has 0 unspecified atom stereocenters. The third-order valence-corrected chi connectivity index (χ3v) is 10.4. The molecule has 10 rings (SSSR count). The fourth-order valence-electron chi connectivity index (χ4n) is 7.08. The highest BCUT2D eigenvalue weighted by Crippen LogP contribution is 2.29. The van der Waals surface area contributed by atoms with E-state index in [-0.39, 0.29) is 0 Å². The molecule has 0 heterocycles. The van der Waals surface area contributed by atoms with Gasteiger partial charge in [0.1, 0.15) is 0 Å². The number of hydrogen-bond acceptors (Lipinski definition) is 0. The maximum atomic E-state index is 3.56. The van der Waals surface area contributed by atoms with Crippen LogP contribution in [0.25, 0.3) is 97.0 Å². The van der Waals surface area contributed by atoms with Crippen molar-refractivity contribution in [3.63, 3.8) is 0 Å². The summed E-state index contributed by atoms with van der Waals surface area (Å²) < 4.78 is 0. The fraction of sp³-hybridized carbons (Fsp3) is 0. The van der Waals surface area contributed by atoms with Crippen LogP contribution in [0.4, 0.5) is 0 Å². The minimum absolute atomic E-state index is 0.529. The van der Waals surface area contributed by atoms with Crippen LogP contribution >= 0.6 is 0 Å². The van der Waals surface area contributed by atoms with Crippen LogP contribution in [0.5, 0.6) is 0 Å². The van der Waals surface area contributed by atoms with Gasteiger partial charge in [-0.1, -0.05) is 182 Å². The Bertz CT molecular complexity index is 3210. The summed E-state index contributed by atoms with van der Waals surface area (Å²) in [6.07, 6.45) is 0. The van der Waals surface area contributed by atoms with Gasteiger partial charge in [-0.25, -0.2) is 0 Å². The summed E-state index contributed by atoms with van der Waals surface area (Å²) in [7, 11) is 0. The molecule has 0 fully saturated rings. The lowest BCUT2D eigenvalue weighted by Crippen LogP contribution is -1.76. The van der Waals surface area contributed by atoms with Crippen LogP contribution in [-0.4, -0.2) is 0 Å². The standard InChI is InChI=1S/C66H24/c1-2-20-50-26-8-14-32-56(50)38-44-62-61(43-37-55-31-13-7-25-49(55)19-1)63-45-39-57-33-15-9-27-51(57)21-3-4-23-53-29-11-17-35-59(53)41-47-65(63)66-48-42-60-36-18-12-30-54(60)24-6-5-22-52-28-10-16-34-58(52)40-46-64(62)66/h7-18,25-36H. The first-order valence-electron chi connectivity index (χ1n) is 20.7. The Hall–Kier alpha value is -10.7. The highest BCUT2D eigenvalue weighted by molar-refractivity contribution is 6.22. The van der Waals surface area contributed by atoms with E-state index in [1.54, 1.807) is 0 Å². The molecule has 10 aromatic carbocycles. The zero-order valence-electron chi connectivity index (χ0n) is 34.9. The van der Waals surface area contributed by atoms with Gasteiger partial charge < -0.3 is 0 Å². The van der Waals surface area contributed by atoms with Crippen molar-refractivity contribution in [2.45, 2.75) is 0 Å². The molecule has 0 saturated heterocycles. The first-order valence-corrected chi connectivity index (χ1v) is 20.7. The van der Waals surface area contributed by atoms with Gasteiger partial charge >= 0.3 is 0 Å². The molecule has 0 atom stereocenters. The Morgan fingerprint density at radius 1 is 0.136 bits per heavy atom. The Morgan fingerprint density at radius 3 is 0.394 bits per heavy atom. The summed E-state index contributed by atoms with van der Waals surface area (Å²) in [6.45, 7) is 0. The van der Waals surface area contributed by atoms with Gasteiger partial charge in [0.15, 0.2) is 0 Å². The monoisotopic (exact) mass is 816 g/mol. The minimum atomic E-state index is 0.529. The highest BCUT2D eigenvalue weighted by atomic mass is 14.0. The zero-order valence-corrected chi connectivity index (χ0v) is 34.9. The van der Waals surface area contributed by atoms with Crippen LogP contribution < -0.4 is 0 Å². The van der Waals surface area contributed by atoms with Gasteiger partial charge in [-0.05, 0) is 109 Å². The quantitative estimate of drug-likeness (QED) is 0.143. The lowest BCUT2D eigenvalue weighted by molar-refractivity contribution is 1.80. The van der Waals surface area contributed by atoms with Gasteiger partial charge in [0.05, 0.1) is 32.3 Å². The molecule has 0 radical (unpaired) electrons. The lowest BCUT2D eigenvalue weighted by atomic mass is 10.0. The van der Waals surface area contributed by atoms with Crippen LogP contribution in [0.3, 0.4) is 0 Å². The van der Waals surface area contributed by atoms with Gasteiger partial charge in [0, 0.05) is 64.6 Å². The average Bonchev–Trinajstić information content (AvgIpc) is 3.35.